The fraction of sp³-hybridized carbons (Fsp3) is 0.615. The Hall–Kier alpha value is -1.69. The van der Waals surface area contributed by atoms with Crippen LogP contribution in [-0.4, -0.2) is 42.9 Å². The van der Waals surface area contributed by atoms with E-state index in [0.717, 1.165) is 37.2 Å². The number of fused-ring (bicyclic) bond motifs is 3. The molecular weight excluding hydrogens is 242 g/mol. The van der Waals surface area contributed by atoms with Crippen LogP contribution in [0.15, 0.2) is 12.4 Å². The van der Waals surface area contributed by atoms with E-state index < -0.39 is 0 Å². The number of rotatable bonds is 1. The molecule has 2 fully saturated rings. The number of piperidine rings is 1. The molecule has 2 aromatic heterocycles. The van der Waals surface area contributed by atoms with Crippen molar-refractivity contribution in [1.82, 2.24) is 19.6 Å². The van der Waals surface area contributed by atoms with Crippen molar-refractivity contribution in [2.75, 3.05) is 4.90 Å². The van der Waals surface area contributed by atoms with Gasteiger partial charge in [0.15, 0.2) is 0 Å². The zero-order valence-electron chi connectivity index (χ0n) is 10.9. The van der Waals surface area contributed by atoms with Gasteiger partial charge in [0.2, 0.25) is 0 Å². The van der Waals surface area contributed by atoms with E-state index in [1.807, 2.05) is 11.4 Å². The third kappa shape index (κ3) is 1.63. The first-order chi connectivity index (χ1) is 9.22. The summed E-state index contributed by atoms with van der Waals surface area (Å²) in [6.07, 6.45) is 5.41. The van der Waals surface area contributed by atoms with Gasteiger partial charge >= 0.3 is 0 Å². The maximum atomic E-state index is 9.91. The lowest BCUT2D eigenvalue weighted by molar-refractivity contribution is 0.126. The lowest BCUT2D eigenvalue weighted by atomic mass is 10.00. The van der Waals surface area contributed by atoms with E-state index in [2.05, 4.69) is 26.0 Å². The van der Waals surface area contributed by atoms with Crippen molar-refractivity contribution in [2.24, 2.45) is 0 Å². The maximum absolute atomic E-state index is 9.91. The van der Waals surface area contributed by atoms with Gasteiger partial charge in [0.25, 0.3) is 5.78 Å². The molecule has 0 spiro atoms. The molecule has 6 nitrogen and oxygen atoms in total. The summed E-state index contributed by atoms with van der Waals surface area (Å²) in [4.78, 5) is 11.0. The van der Waals surface area contributed by atoms with Gasteiger partial charge in [0.05, 0.1) is 6.10 Å². The average molecular weight is 259 g/mol. The molecule has 2 unspecified atom stereocenters. The molecule has 0 amide bonds. The minimum Gasteiger partial charge on any atom is -0.393 e. The summed E-state index contributed by atoms with van der Waals surface area (Å²) in [6.45, 7) is 1.98. The molecule has 2 aliphatic heterocycles. The monoisotopic (exact) mass is 259 g/mol. The Bertz CT molecular complexity index is 611. The number of anilines is 1. The zero-order chi connectivity index (χ0) is 13.0. The van der Waals surface area contributed by atoms with Crippen molar-refractivity contribution >= 4 is 11.6 Å². The summed E-state index contributed by atoms with van der Waals surface area (Å²) in [7, 11) is 0. The topological polar surface area (TPSA) is 66.5 Å². The average Bonchev–Trinajstić information content (AvgIpc) is 2.92. The van der Waals surface area contributed by atoms with E-state index in [0.29, 0.717) is 17.9 Å². The predicted octanol–water partition coefficient (Wildman–Crippen LogP) is 0.925. The summed E-state index contributed by atoms with van der Waals surface area (Å²) in [5.74, 6) is 1.72. The molecule has 19 heavy (non-hydrogen) atoms. The van der Waals surface area contributed by atoms with Crippen LogP contribution in [0.1, 0.15) is 31.4 Å². The van der Waals surface area contributed by atoms with Crippen LogP contribution in [-0.2, 0) is 0 Å². The maximum Gasteiger partial charge on any atom is 0.254 e. The van der Waals surface area contributed by atoms with Crippen molar-refractivity contribution in [1.29, 1.82) is 0 Å². The molecule has 1 N–H and O–H groups in total. The van der Waals surface area contributed by atoms with Gasteiger partial charge in [-0.3, -0.25) is 0 Å². The zero-order valence-corrected chi connectivity index (χ0v) is 10.9. The van der Waals surface area contributed by atoms with Gasteiger partial charge in [-0.2, -0.15) is 14.6 Å². The van der Waals surface area contributed by atoms with Gasteiger partial charge in [-0.1, -0.05) is 0 Å². The fourth-order valence-electron chi connectivity index (χ4n) is 3.62. The number of nitrogens with zero attached hydrogens (tertiary/aromatic N) is 5. The lowest BCUT2D eigenvalue weighted by Crippen LogP contribution is -2.45. The molecule has 2 atom stereocenters. The Labute approximate surface area is 111 Å². The van der Waals surface area contributed by atoms with E-state index in [-0.39, 0.29) is 6.10 Å². The summed E-state index contributed by atoms with van der Waals surface area (Å²) in [6, 6.07) is 2.91. The summed E-state index contributed by atoms with van der Waals surface area (Å²) in [5, 5.41) is 14.2. The molecule has 4 rings (SSSR count). The van der Waals surface area contributed by atoms with Gasteiger partial charge < -0.3 is 10.0 Å². The highest BCUT2D eigenvalue weighted by molar-refractivity contribution is 5.50. The highest BCUT2D eigenvalue weighted by Crippen LogP contribution is 2.39. The van der Waals surface area contributed by atoms with Crippen LogP contribution in [0.25, 0.3) is 5.78 Å². The van der Waals surface area contributed by atoms with Gasteiger partial charge in [-0.25, -0.2) is 4.98 Å². The van der Waals surface area contributed by atoms with Gasteiger partial charge in [0.1, 0.15) is 12.1 Å². The third-order valence-electron chi connectivity index (χ3n) is 4.33. The second-order valence-electron chi connectivity index (χ2n) is 5.65. The molecule has 2 saturated heterocycles. The second-order valence-corrected chi connectivity index (χ2v) is 5.65. The molecule has 4 heterocycles. The second kappa shape index (κ2) is 3.90. The van der Waals surface area contributed by atoms with E-state index in [4.69, 9.17) is 0 Å². The Morgan fingerprint density at radius 3 is 2.74 bits per heavy atom. The van der Waals surface area contributed by atoms with Crippen LogP contribution < -0.4 is 4.90 Å². The van der Waals surface area contributed by atoms with E-state index in [1.165, 1.54) is 0 Å². The standard InChI is InChI=1S/C13H17N5O/c1-8-4-12(18-13(16-8)14-7-15-18)17-9-2-3-10(17)6-11(19)5-9/h4,7,9-11,19H,2-3,5-6H2,1H3. The molecule has 2 bridgehead atoms. The Morgan fingerprint density at radius 1 is 1.26 bits per heavy atom. The highest BCUT2D eigenvalue weighted by Gasteiger charge is 2.41. The van der Waals surface area contributed by atoms with Crippen molar-refractivity contribution in [3.8, 4) is 0 Å². The molecule has 2 aliphatic rings. The van der Waals surface area contributed by atoms with Crippen molar-refractivity contribution in [2.45, 2.75) is 50.8 Å². The first kappa shape index (κ1) is 11.2. The first-order valence-electron chi connectivity index (χ1n) is 6.86. The minimum absolute atomic E-state index is 0.150. The number of aliphatic hydroxyl groups excluding tert-OH is 1. The van der Waals surface area contributed by atoms with Crippen LogP contribution in [0.3, 0.4) is 0 Å². The van der Waals surface area contributed by atoms with Crippen molar-refractivity contribution in [3.05, 3.63) is 18.1 Å². The summed E-state index contributed by atoms with van der Waals surface area (Å²) >= 11 is 0. The smallest absolute Gasteiger partial charge is 0.254 e. The molecule has 0 saturated carbocycles. The highest BCUT2D eigenvalue weighted by atomic mass is 16.3. The Kier molecular flexibility index (Phi) is 2.29. The Morgan fingerprint density at radius 2 is 2.00 bits per heavy atom. The molecule has 0 aromatic carbocycles. The molecule has 0 aliphatic carbocycles. The number of aromatic nitrogens is 4. The van der Waals surface area contributed by atoms with Crippen molar-refractivity contribution < 1.29 is 5.11 Å². The molecule has 6 heteroatoms. The van der Waals surface area contributed by atoms with Crippen LogP contribution in [0.5, 0.6) is 0 Å². The molecule has 100 valence electrons. The number of aryl methyl sites for hydroxylation is 1. The normalized spacial score (nSPS) is 30.2. The first-order valence-corrected chi connectivity index (χ1v) is 6.86. The quantitative estimate of drug-likeness (QED) is 0.825. The van der Waals surface area contributed by atoms with Crippen LogP contribution in [0.4, 0.5) is 5.82 Å². The number of aliphatic hydroxyl groups is 1. The third-order valence-corrected chi connectivity index (χ3v) is 4.33. The summed E-state index contributed by atoms with van der Waals surface area (Å²) in [5.41, 5.74) is 0.959. The van der Waals surface area contributed by atoms with E-state index in [1.54, 1.807) is 6.33 Å². The molecule has 2 aromatic rings. The molecular formula is C13H17N5O. The van der Waals surface area contributed by atoms with E-state index >= 15 is 0 Å². The SMILES string of the molecule is Cc1cc(N2C3CCC2CC(O)C3)n2ncnc2n1. The Balaban J connectivity index is 1.84. The number of hydrogen-bond acceptors (Lipinski definition) is 5. The van der Waals surface area contributed by atoms with Crippen LogP contribution in [0.2, 0.25) is 0 Å². The van der Waals surface area contributed by atoms with Crippen molar-refractivity contribution in [3.63, 3.8) is 0 Å². The van der Waals surface area contributed by atoms with Crippen LogP contribution in [0, 0.1) is 6.92 Å². The largest absolute Gasteiger partial charge is 0.393 e. The predicted molar refractivity (Wildman–Crippen MR) is 70.0 cm³/mol. The van der Waals surface area contributed by atoms with Crippen LogP contribution >= 0.6 is 0 Å². The van der Waals surface area contributed by atoms with Gasteiger partial charge in [-0.05, 0) is 32.6 Å². The number of hydrogen-bond donors (Lipinski definition) is 1. The fourth-order valence-corrected chi connectivity index (χ4v) is 3.62. The molecule has 0 radical (unpaired) electrons. The van der Waals surface area contributed by atoms with Gasteiger partial charge in [-0.15, -0.1) is 0 Å². The lowest BCUT2D eigenvalue weighted by Gasteiger charge is -2.38. The summed E-state index contributed by atoms with van der Waals surface area (Å²) < 4.78 is 1.82. The minimum atomic E-state index is -0.150. The van der Waals surface area contributed by atoms with E-state index in [9.17, 15) is 5.11 Å². The van der Waals surface area contributed by atoms with Gasteiger partial charge in [0, 0.05) is 23.8 Å².